The molecule has 4 heterocycles. The summed E-state index contributed by atoms with van der Waals surface area (Å²) in [6.45, 7) is 1.68. The Labute approximate surface area is 228 Å². The van der Waals surface area contributed by atoms with Crippen molar-refractivity contribution in [2.75, 3.05) is 6.54 Å². The van der Waals surface area contributed by atoms with E-state index in [1.165, 1.54) is 18.2 Å². The lowest BCUT2D eigenvalue weighted by Crippen LogP contribution is -2.33. The number of aryl methyl sites for hydroxylation is 3. The van der Waals surface area contributed by atoms with E-state index in [4.69, 9.17) is 4.74 Å². The number of nitrogens with zero attached hydrogens (tertiary/aromatic N) is 6. The Morgan fingerprint density at radius 2 is 1.77 bits per heavy atom. The molecule has 11 nitrogen and oxygen atoms in total. The van der Waals surface area contributed by atoms with Crippen molar-refractivity contribution in [3.63, 3.8) is 0 Å². The maximum absolute atomic E-state index is 12.5. The van der Waals surface area contributed by atoms with Crippen molar-refractivity contribution in [3.8, 4) is 5.75 Å². The third-order valence-electron chi connectivity index (χ3n) is 7.15. The molecule has 0 spiro atoms. The highest BCUT2D eigenvalue weighted by Gasteiger charge is 2.40. The fourth-order valence-corrected chi connectivity index (χ4v) is 5.15. The molecule has 0 radical (unpaired) electrons. The Morgan fingerprint density at radius 3 is 2.45 bits per heavy atom. The summed E-state index contributed by atoms with van der Waals surface area (Å²) in [5.41, 5.74) is 1.03. The van der Waals surface area contributed by atoms with Crippen LogP contribution >= 0.6 is 0 Å². The van der Waals surface area contributed by atoms with E-state index in [-0.39, 0.29) is 47.8 Å². The lowest BCUT2D eigenvalue weighted by molar-refractivity contribution is -0.274. The van der Waals surface area contributed by atoms with Gasteiger partial charge in [-0.2, -0.15) is 0 Å². The Kier molecular flexibility index (Phi) is 8.43. The standard InChI is InChI=1S/C26H30F3N7O4/c27-26(28,29)40-20-5-3-4-17(12-20)6-8-23(37)21-15-35(33-31-21)10-1-2-11-36-16-22(32-34-36)25(38)30-14-18-13-19-7-9-24(18)39-19/h3-5,12,15-16,18-19,24H,1-2,6-11,13-14H2,(H,30,38). The van der Waals surface area contributed by atoms with Crippen LogP contribution in [0.2, 0.25) is 0 Å². The molecule has 2 bridgehead atoms. The van der Waals surface area contributed by atoms with E-state index in [0.29, 0.717) is 37.2 Å². The second kappa shape index (κ2) is 12.1. The summed E-state index contributed by atoms with van der Waals surface area (Å²) >= 11 is 0. The predicted octanol–water partition coefficient (Wildman–Crippen LogP) is 3.36. The number of carbonyl (C=O) groups excluding carboxylic acids is 2. The van der Waals surface area contributed by atoms with Crippen molar-refractivity contribution >= 4 is 11.7 Å². The first-order chi connectivity index (χ1) is 19.2. The van der Waals surface area contributed by atoms with Crippen LogP contribution in [0, 0.1) is 5.92 Å². The number of fused-ring (bicyclic) bond motifs is 2. The molecule has 14 heteroatoms. The second-order valence-electron chi connectivity index (χ2n) is 10.1. The number of rotatable bonds is 13. The summed E-state index contributed by atoms with van der Waals surface area (Å²) in [4.78, 5) is 24.9. The Balaban J connectivity index is 0.998. The zero-order valence-electron chi connectivity index (χ0n) is 21.7. The molecule has 2 aliphatic heterocycles. The molecular weight excluding hydrogens is 531 g/mol. The number of benzene rings is 1. The van der Waals surface area contributed by atoms with Crippen molar-refractivity contribution in [1.82, 2.24) is 35.3 Å². The van der Waals surface area contributed by atoms with Crippen molar-refractivity contribution in [3.05, 3.63) is 53.6 Å². The van der Waals surface area contributed by atoms with Gasteiger partial charge in [-0.1, -0.05) is 22.6 Å². The van der Waals surface area contributed by atoms with E-state index < -0.39 is 6.36 Å². The van der Waals surface area contributed by atoms with E-state index in [9.17, 15) is 22.8 Å². The lowest BCUT2D eigenvalue weighted by Gasteiger charge is -2.18. The number of ether oxygens (including phenoxy) is 2. The van der Waals surface area contributed by atoms with E-state index in [1.54, 1.807) is 27.8 Å². The van der Waals surface area contributed by atoms with E-state index in [2.05, 4.69) is 30.7 Å². The minimum absolute atomic E-state index is 0.0753. The number of ketones is 1. The van der Waals surface area contributed by atoms with Crippen LogP contribution in [-0.2, 0) is 24.2 Å². The molecule has 2 aliphatic rings. The SMILES string of the molecule is O=C(CCc1cccc(OC(F)(F)F)c1)c1cn(CCCCn2cc(C(=O)NCC3CC4CCC3O4)nn2)nn1. The number of aromatic nitrogens is 6. The summed E-state index contributed by atoms with van der Waals surface area (Å²) in [7, 11) is 0. The fraction of sp³-hybridized carbons (Fsp3) is 0.538. The van der Waals surface area contributed by atoms with Crippen molar-refractivity contribution < 1.29 is 32.2 Å². The van der Waals surface area contributed by atoms with Crippen LogP contribution in [0.25, 0.3) is 0 Å². The fourth-order valence-electron chi connectivity index (χ4n) is 5.15. The molecular formula is C26H30F3N7O4. The van der Waals surface area contributed by atoms with Gasteiger partial charge in [0.05, 0.1) is 24.6 Å². The number of amides is 1. The maximum atomic E-state index is 12.5. The average Bonchev–Trinajstić information content (AvgIpc) is 3.73. The summed E-state index contributed by atoms with van der Waals surface area (Å²) in [5, 5.41) is 18.9. The molecule has 1 N–H and O–H groups in total. The van der Waals surface area contributed by atoms with Crippen LogP contribution < -0.4 is 10.1 Å². The third-order valence-corrected chi connectivity index (χ3v) is 7.15. The van der Waals surface area contributed by atoms with Gasteiger partial charge in [-0.25, -0.2) is 0 Å². The number of nitrogens with one attached hydrogen (secondary N) is 1. The molecule has 1 amide bonds. The molecule has 5 rings (SSSR count). The summed E-state index contributed by atoms with van der Waals surface area (Å²) in [5.74, 6) is -0.453. The molecule has 214 valence electrons. The molecule has 2 saturated heterocycles. The van der Waals surface area contributed by atoms with Gasteiger partial charge in [0, 0.05) is 32.0 Å². The van der Waals surface area contributed by atoms with E-state index in [0.717, 1.165) is 32.1 Å². The summed E-state index contributed by atoms with van der Waals surface area (Å²) < 4.78 is 50.2. The van der Waals surface area contributed by atoms with Crippen molar-refractivity contribution in [2.24, 2.45) is 5.92 Å². The zero-order valence-corrected chi connectivity index (χ0v) is 21.7. The normalized spacial score (nSPS) is 20.1. The van der Waals surface area contributed by atoms with Gasteiger partial charge >= 0.3 is 6.36 Å². The zero-order chi connectivity index (χ0) is 28.1. The molecule has 2 fully saturated rings. The largest absolute Gasteiger partial charge is 0.573 e. The number of carbonyl (C=O) groups is 2. The number of hydrogen-bond acceptors (Lipinski definition) is 8. The summed E-state index contributed by atoms with van der Waals surface area (Å²) in [6.07, 6.45) is 3.99. The highest BCUT2D eigenvalue weighted by Crippen LogP contribution is 2.38. The van der Waals surface area contributed by atoms with Gasteiger partial charge in [-0.05, 0) is 56.2 Å². The van der Waals surface area contributed by atoms with Crippen LogP contribution in [0.15, 0.2) is 36.7 Å². The molecule has 3 atom stereocenters. The predicted molar refractivity (Wildman–Crippen MR) is 133 cm³/mol. The Hall–Kier alpha value is -3.81. The van der Waals surface area contributed by atoms with E-state index >= 15 is 0 Å². The summed E-state index contributed by atoms with van der Waals surface area (Å²) in [6, 6.07) is 5.55. The number of Topliss-reactive ketones (excluding diaryl/α,β-unsaturated/α-hetero) is 1. The van der Waals surface area contributed by atoms with Gasteiger partial charge < -0.3 is 14.8 Å². The molecule has 0 saturated carbocycles. The van der Waals surface area contributed by atoms with Gasteiger partial charge in [0.15, 0.2) is 11.5 Å². The molecule has 1 aromatic carbocycles. The minimum atomic E-state index is -4.77. The van der Waals surface area contributed by atoms with Gasteiger partial charge in [-0.15, -0.1) is 23.4 Å². The van der Waals surface area contributed by atoms with Crippen molar-refractivity contribution in [1.29, 1.82) is 0 Å². The average molecular weight is 562 g/mol. The smallest absolute Gasteiger partial charge is 0.406 e. The highest BCUT2D eigenvalue weighted by molar-refractivity contribution is 5.94. The van der Waals surface area contributed by atoms with Crippen LogP contribution in [0.5, 0.6) is 5.75 Å². The first kappa shape index (κ1) is 27.7. The van der Waals surface area contributed by atoms with Gasteiger partial charge in [0.2, 0.25) is 0 Å². The molecule has 3 unspecified atom stereocenters. The van der Waals surface area contributed by atoms with Gasteiger partial charge in [0.25, 0.3) is 5.91 Å². The quantitative estimate of drug-likeness (QED) is 0.249. The van der Waals surface area contributed by atoms with Crippen LogP contribution in [-0.4, -0.2) is 66.8 Å². The van der Waals surface area contributed by atoms with Crippen molar-refractivity contribution in [2.45, 2.75) is 76.6 Å². The van der Waals surface area contributed by atoms with Crippen LogP contribution in [0.1, 0.15) is 65.1 Å². The topological polar surface area (TPSA) is 126 Å². The van der Waals surface area contributed by atoms with Crippen LogP contribution in [0.4, 0.5) is 13.2 Å². The molecule has 3 aromatic rings. The molecule has 0 aliphatic carbocycles. The number of unbranched alkanes of at least 4 members (excludes halogenated alkanes) is 1. The van der Waals surface area contributed by atoms with Gasteiger partial charge in [-0.3, -0.25) is 19.0 Å². The molecule has 2 aromatic heterocycles. The van der Waals surface area contributed by atoms with Gasteiger partial charge in [0.1, 0.15) is 11.4 Å². The van der Waals surface area contributed by atoms with E-state index in [1.807, 2.05) is 0 Å². The first-order valence-electron chi connectivity index (χ1n) is 13.3. The number of halogens is 3. The highest BCUT2D eigenvalue weighted by atomic mass is 19.4. The Bertz CT molecular complexity index is 1330. The maximum Gasteiger partial charge on any atom is 0.573 e. The molecule has 40 heavy (non-hydrogen) atoms. The Morgan fingerprint density at radius 1 is 1.05 bits per heavy atom. The first-order valence-corrected chi connectivity index (χ1v) is 13.3. The monoisotopic (exact) mass is 561 g/mol. The van der Waals surface area contributed by atoms with Crippen LogP contribution in [0.3, 0.4) is 0 Å². The minimum Gasteiger partial charge on any atom is -0.406 e. The number of hydrogen-bond donors (Lipinski definition) is 1. The number of alkyl halides is 3. The second-order valence-corrected chi connectivity index (χ2v) is 10.1. The third kappa shape index (κ3) is 7.43. The lowest BCUT2D eigenvalue weighted by atomic mass is 9.89.